The molecule has 7 nitrogen and oxygen atoms in total. The van der Waals surface area contributed by atoms with Crippen molar-refractivity contribution in [3.05, 3.63) is 42.5 Å². The number of hydrogen-bond acceptors (Lipinski definition) is 4. The minimum absolute atomic E-state index is 0.344. The third kappa shape index (κ3) is 3.37. The Morgan fingerprint density at radius 3 is 2.88 bits per heavy atom. The monoisotopic (exact) mass is 340 g/mol. The van der Waals surface area contributed by atoms with E-state index in [1.54, 1.807) is 11.0 Å². The quantitative estimate of drug-likeness (QED) is 0.677. The van der Waals surface area contributed by atoms with Crippen LogP contribution in [0.1, 0.15) is 18.4 Å². The molecule has 0 amide bonds. The Hall–Kier alpha value is -2.41. The van der Waals surface area contributed by atoms with Crippen LogP contribution >= 0.6 is 0 Å². The van der Waals surface area contributed by atoms with Crippen LogP contribution in [0.2, 0.25) is 0 Å². The van der Waals surface area contributed by atoms with E-state index in [0.29, 0.717) is 5.41 Å². The average Bonchev–Trinajstić information content (AvgIpc) is 3.40. The highest BCUT2D eigenvalue weighted by Gasteiger charge is 2.42. The summed E-state index contributed by atoms with van der Waals surface area (Å²) in [6.07, 6.45) is 5.60. The van der Waals surface area contributed by atoms with Crippen LogP contribution in [0.3, 0.4) is 0 Å². The van der Waals surface area contributed by atoms with Crippen LogP contribution in [-0.4, -0.2) is 59.0 Å². The molecule has 7 heteroatoms. The maximum absolute atomic E-state index is 5.62. The van der Waals surface area contributed by atoms with Crippen LogP contribution in [-0.2, 0) is 11.3 Å². The molecule has 1 atom stereocenters. The lowest BCUT2D eigenvalue weighted by atomic mass is 9.87. The SMILES string of the molecule is CN=C(NCc1ccc(-n2cncn2)cc1)N1CCC2(CCOC2)C1. The first-order chi connectivity index (χ1) is 12.3. The maximum Gasteiger partial charge on any atom is 0.193 e. The molecule has 25 heavy (non-hydrogen) atoms. The van der Waals surface area contributed by atoms with Crippen molar-refractivity contribution in [2.24, 2.45) is 10.4 Å². The van der Waals surface area contributed by atoms with Crippen molar-refractivity contribution < 1.29 is 4.74 Å². The number of aromatic nitrogens is 3. The number of rotatable bonds is 3. The molecule has 2 aliphatic rings. The third-order valence-corrected chi connectivity index (χ3v) is 5.20. The number of ether oxygens (including phenoxy) is 1. The van der Waals surface area contributed by atoms with Crippen molar-refractivity contribution in [3.8, 4) is 5.69 Å². The van der Waals surface area contributed by atoms with Crippen LogP contribution in [0.5, 0.6) is 0 Å². The Morgan fingerprint density at radius 1 is 1.32 bits per heavy atom. The van der Waals surface area contributed by atoms with Gasteiger partial charge >= 0.3 is 0 Å². The van der Waals surface area contributed by atoms with Gasteiger partial charge in [-0.1, -0.05) is 12.1 Å². The highest BCUT2D eigenvalue weighted by Crippen LogP contribution is 2.38. The molecule has 1 aromatic heterocycles. The predicted octanol–water partition coefficient (Wildman–Crippen LogP) is 1.46. The van der Waals surface area contributed by atoms with Crippen molar-refractivity contribution in [2.75, 3.05) is 33.4 Å². The summed E-state index contributed by atoms with van der Waals surface area (Å²) in [5.74, 6) is 0.976. The second kappa shape index (κ2) is 6.84. The molecule has 1 aromatic carbocycles. The zero-order chi connectivity index (χ0) is 17.1. The van der Waals surface area contributed by atoms with Crippen molar-refractivity contribution in [3.63, 3.8) is 0 Å². The van der Waals surface area contributed by atoms with Gasteiger partial charge < -0.3 is 15.0 Å². The summed E-state index contributed by atoms with van der Waals surface area (Å²) in [7, 11) is 1.85. The van der Waals surface area contributed by atoms with E-state index in [1.165, 1.54) is 24.7 Å². The Bertz CT molecular complexity index is 719. The lowest BCUT2D eigenvalue weighted by Gasteiger charge is -2.25. The van der Waals surface area contributed by atoms with E-state index in [1.807, 2.05) is 7.05 Å². The van der Waals surface area contributed by atoms with Crippen LogP contribution in [0.25, 0.3) is 5.69 Å². The van der Waals surface area contributed by atoms with Crippen molar-refractivity contribution in [2.45, 2.75) is 19.4 Å². The minimum Gasteiger partial charge on any atom is -0.381 e. The van der Waals surface area contributed by atoms with Gasteiger partial charge in [0.1, 0.15) is 12.7 Å². The fourth-order valence-corrected chi connectivity index (χ4v) is 3.71. The standard InChI is InChI=1S/C18H24N6O/c1-19-17(23-8-6-18(11-23)7-9-25-12-18)21-10-15-2-4-16(5-3-15)24-14-20-13-22-24/h2-5,13-14H,6-12H2,1H3,(H,19,21). The molecular formula is C18H24N6O. The second-order valence-electron chi connectivity index (χ2n) is 6.88. The van der Waals surface area contributed by atoms with Crippen molar-refractivity contribution in [1.82, 2.24) is 25.0 Å². The van der Waals surface area contributed by atoms with E-state index >= 15 is 0 Å². The van der Waals surface area contributed by atoms with Gasteiger partial charge in [0.05, 0.1) is 12.3 Å². The Morgan fingerprint density at radius 2 is 2.20 bits per heavy atom. The average molecular weight is 340 g/mol. The molecule has 132 valence electrons. The second-order valence-corrected chi connectivity index (χ2v) is 6.88. The van der Waals surface area contributed by atoms with Gasteiger partial charge in [-0.25, -0.2) is 9.67 Å². The zero-order valence-electron chi connectivity index (χ0n) is 14.6. The molecule has 4 rings (SSSR count). The Balaban J connectivity index is 1.35. The molecule has 2 fully saturated rings. The maximum atomic E-state index is 5.62. The first-order valence-corrected chi connectivity index (χ1v) is 8.75. The Labute approximate surface area is 147 Å². The molecular weight excluding hydrogens is 316 g/mol. The summed E-state index contributed by atoms with van der Waals surface area (Å²) >= 11 is 0. The molecule has 0 saturated carbocycles. The number of aliphatic imine (C=N–C) groups is 1. The molecule has 2 aromatic rings. The number of guanidine groups is 1. The van der Waals surface area contributed by atoms with Crippen LogP contribution in [0, 0.1) is 5.41 Å². The largest absolute Gasteiger partial charge is 0.381 e. The van der Waals surface area contributed by atoms with Crippen LogP contribution in [0.15, 0.2) is 41.9 Å². The van der Waals surface area contributed by atoms with Gasteiger partial charge in [-0.2, -0.15) is 5.10 Å². The summed E-state index contributed by atoms with van der Waals surface area (Å²) in [6.45, 7) is 4.64. The highest BCUT2D eigenvalue weighted by molar-refractivity contribution is 5.80. The van der Waals surface area contributed by atoms with E-state index < -0.39 is 0 Å². The van der Waals surface area contributed by atoms with Crippen molar-refractivity contribution >= 4 is 5.96 Å². The summed E-state index contributed by atoms with van der Waals surface area (Å²) in [5.41, 5.74) is 2.56. The van der Waals surface area contributed by atoms with E-state index in [4.69, 9.17) is 4.74 Å². The molecule has 0 radical (unpaired) electrons. The zero-order valence-corrected chi connectivity index (χ0v) is 14.6. The first-order valence-electron chi connectivity index (χ1n) is 8.75. The molecule has 1 unspecified atom stereocenters. The van der Waals surface area contributed by atoms with Crippen molar-refractivity contribution in [1.29, 1.82) is 0 Å². The predicted molar refractivity (Wildman–Crippen MR) is 95.6 cm³/mol. The number of likely N-dealkylation sites (tertiary alicyclic amines) is 1. The molecule has 3 heterocycles. The van der Waals surface area contributed by atoms with Gasteiger partial charge in [0.15, 0.2) is 5.96 Å². The molecule has 1 N–H and O–H groups in total. The van der Waals surface area contributed by atoms with E-state index in [9.17, 15) is 0 Å². The summed E-state index contributed by atoms with van der Waals surface area (Å²) in [4.78, 5) is 10.8. The number of nitrogens with one attached hydrogen (secondary N) is 1. The minimum atomic E-state index is 0.344. The van der Waals surface area contributed by atoms with Gasteiger partial charge in [0.2, 0.25) is 0 Å². The van der Waals surface area contributed by atoms with E-state index in [2.05, 4.69) is 49.6 Å². The number of benzene rings is 1. The van der Waals surface area contributed by atoms with Crippen LogP contribution < -0.4 is 5.32 Å². The smallest absolute Gasteiger partial charge is 0.193 e. The van der Waals surface area contributed by atoms with E-state index in [-0.39, 0.29) is 0 Å². The van der Waals surface area contributed by atoms with Gasteiger partial charge in [-0.05, 0) is 30.5 Å². The van der Waals surface area contributed by atoms with Gasteiger partial charge in [-0.15, -0.1) is 0 Å². The summed E-state index contributed by atoms with van der Waals surface area (Å²) < 4.78 is 7.37. The lowest BCUT2D eigenvalue weighted by molar-refractivity contribution is 0.156. The summed E-state index contributed by atoms with van der Waals surface area (Å²) in [6, 6.07) is 8.31. The van der Waals surface area contributed by atoms with Crippen LogP contribution in [0.4, 0.5) is 0 Å². The Kier molecular flexibility index (Phi) is 4.40. The normalized spacial score (nSPS) is 23.6. The topological polar surface area (TPSA) is 67.6 Å². The fourth-order valence-electron chi connectivity index (χ4n) is 3.71. The first kappa shape index (κ1) is 16.1. The fraction of sp³-hybridized carbons (Fsp3) is 0.500. The van der Waals surface area contributed by atoms with E-state index in [0.717, 1.165) is 44.5 Å². The lowest BCUT2D eigenvalue weighted by Crippen LogP contribution is -2.41. The highest BCUT2D eigenvalue weighted by atomic mass is 16.5. The molecule has 2 aliphatic heterocycles. The molecule has 2 saturated heterocycles. The number of hydrogen-bond donors (Lipinski definition) is 1. The third-order valence-electron chi connectivity index (χ3n) is 5.20. The molecule has 0 bridgehead atoms. The molecule has 1 spiro atoms. The van der Waals surface area contributed by atoms with Gasteiger partial charge in [0.25, 0.3) is 0 Å². The number of nitrogens with zero attached hydrogens (tertiary/aromatic N) is 5. The summed E-state index contributed by atoms with van der Waals surface area (Å²) in [5, 5.41) is 7.63. The van der Waals surface area contributed by atoms with Gasteiger partial charge in [0, 0.05) is 38.7 Å². The molecule has 0 aliphatic carbocycles. The van der Waals surface area contributed by atoms with Gasteiger partial charge in [-0.3, -0.25) is 4.99 Å².